The first-order valence-corrected chi connectivity index (χ1v) is 13.5. The number of carbonyl (C=O) groups excluding carboxylic acids is 2. The Balaban J connectivity index is 1.77. The first-order valence-electron chi connectivity index (χ1n) is 12.5. The van der Waals surface area contributed by atoms with Crippen LogP contribution in [0.25, 0.3) is 17.0 Å². The van der Waals surface area contributed by atoms with Crippen LogP contribution in [0.3, 0.4) is 0 Å². The van der Waals surface area contributed by atoms with E-state index in [-0.39, 0.29) is 48.2 Å². The van der Waals surface area contributed by atoms with Crippen LogP contribution >= 0.6 is 11.8 Å². The lowest BCUT2D eigenvalue weighted by molar-refractivity contribution is -0.143. The minimum absolute atomic E-state index is 0.0109. The molecule has 0 amide bonds. The Hall–Kier alpha value is -3.14. The van der Waals surface area contributed by atoms with Gasteiger partial charge < -0.3 is 9.47 Å². The summed E-state index contributed by atoms with van der Waals surface area (Å²) in [6, 6.07) is 8.10. The Morgan fingerprint density at radius 2 is 1.75 bits per heavy atom. The monoisotopic (exact) mass is 510 g/mol. The highest BCUT2D eigenvalue weighted by Gasteiger charge is 2.44. The number of fused-ring (bicyclic) bond motifs is 5. The summed E-state index contributed by atoms with van der Waals surface area (Å²) in [5.74, 6) is -0.519. The summed E-state index contributed by atoms with van der Waals surface area (Å²) in [5, 5.41) is 8.90. The third-order valence-electron chi connectivity index (χ3n) is 7.14. The van der Waals surface area contributed by atoms with Gasteiger partial charge in [-0.2, -0.15) is 0 Å². The van der Waals surface area contributed by atoms with E-state index in [1.54, 1.807) is 18.4 Å². The SMILES string of the molecule is CCOC(=O)CSc1nnc2n(CC(=O)OCC)c3c(c(=O)n12)C1(CCCCC1)Cc1ccccc1-3. The number of esters is 2. The number of carbonyl (C=O) groups is 2. The highest BCUT2D eigenvalue weighted by Crippen LogP contribution is 2.49. The topological polar surface area (TPSA) is 105 Å². The van der Waals surface area contributed by atoms with E-state index in [0.29, 0.717) is 5.16 Å². The van der Waals surface area contributed by atoms with E-state index in [1.165, 1.54) is 9.96 Å². The van der Waals surface area contributed by atoms with E-state index in [0.717, 1.165) is 67.1 Å². The maximum absolute atomic E-state index is 14.3. The summed E-state index contributed by atoms with van der Waals surface area (Å²) >= 11 is 1.11. The van der Waals surface area contributed by atoms with E-state index in [4.69, 9.17) is 9.47 Å². The minimum Gasteiger partial charge on any atom is -0.465 e. The van der Waals surface area contributed by atoms with Crippen molar-refractivity contribution in [3.8, 4) is 11.3 Å². The molecule has 2 aliphatic rings. The van der Waals surface area contributed by atoms with Gasteiger partial charge in [-0.1, -0.05) is 55.3 Å². The molecule has 3 aromatic rings. The molecule has 1 saturated carbocycles. The summed E-state index contributed by atoms with van der Waals surface area (Å²) in [6.45, 7) is 3.96. The normalized spacial score (nSPS) is 15.9. The molecule has 0 atom stereocenters. The molecule has 1 aromatic carbocycles. The second-order valence-corrected chi connectivity index (χ2v) is 10.2. The zero-order chi connectivity index (χ0) is 25.3. The Bertz CT molecular complexity index is 1370. The van der Waals surface area contributed by atoms with Crippen molar-refractivity contribution in [2.75, 3.05) is 19.0 Å². The summed E-state index contributed by atoms with van der Waals surface area (Å²) < 4.78 is 13.6. The van der Waals surface area contributed by atoms with Crippen LogP contribution in [0.4, 0.5) is 0 Å². The Morgan fingerprint density at radius 1 is 1.03 bits per heavy atom. The fourth-order valence-corrected chi connectivity index (χ4v) is 6.46. The lowest BCUT2D eigenvalue weighted by Gasteiger charge is -2.42. The van der Waals surface area contributed by atoms with Crippen LogP contribution < -0.4 is 5.56 Å². The van der Waals surface area contributed by atoms with Gasteiger partial charge in [0.05, 0.1) is 24.7 Å². The Kier molecular flexibility index (Phi) is 6.87. The van der Waals surface area contributed by atoms with Crippen molar-refractivity contribution in [1.82, 2.24) is 19.2 Å². The summed E-state index contributed by atoms with van der Waals surface area (Å²) in [5.41, 5.74) is 3.07. The van der Waals surface area contributed by atoms with Crippen molar-refractivity contribution in [2.45, 2.75) is 69.5 Å². The third kappa shape index (κ3) is 4.21. The maximum Gasteiger partial charge on any atom is 0.326 e. The van der Waals surface area contributed by atoms with Crippen LogP contribution in [0.1, 0.15) is 57.1 Å². The van der Waals surface area contributed by atoms with Gasteiger partial charge in [0.15, 0.2) is 5.16 Å². The van der Waals surface area contributed by atoms with E-state index in [1.807, 2.05) is 18.2 Å². The molecule has 2 heterocycles. The molecular formula is C26H30N4O5S. The van der Waals surface area contributed by atoms with Crippen molar-refractivity contribution >= 4 is 29.5 Å². The van der Waals surface area contributed by atoms with Gasteiger partial charge in [0.1, 0.15) is 6.54 Å². The zero-order valence-corrected chi connectivity index (χ0v) is 21.4. The molecule has 36 heavy (non-hydrogen) atoms. The fraction of sp³-hybridized carbons (Fsp3) is 0.500. The van der Waals surface area contributed by atoms with Crippen molar-refractivity contribution in [3.05, 3.63) is 45.7 Å². The van der Waals surface area contributed by atoms with Gasteiger partial charge in [-0.05, 0) is 38.7 Å². The standard InChI is InChI=1S/C26H30N4O5S/c1-3-34-19(31)15-29-22-18-11-7-6-10-17(18)14-26(12-8-5-9-13-26)21(22)23(33)30-24(29)27-28-25(30)36-16-20(32)35-4-2/h6-7,10-11H,3-5,8-9,12-16H2,1-2H3. The van der Waals surface area contributed by atoms with Gasteiger partial charge in [-0.15, -0.1) is 10.2 Å². The van der Waals surface area contributed by atoms with Crippen LogP contribution in [0, 0.1) is 0 Å². The zero-order valence-electron chi connectivity index (χ0n) is 20.6. The minimum atomic E-state index is -0.408. The van der Waals surface area contributed by atoms with Gasteiger partial charge >= 0.3 is 11.9 Å². The largest absolute Gasteiger partial charge is 0.465 e. The predicted octanol–water partition coefficient (Wildman–Crippen LogP) is 3.53. The van der Waals surface area contributed by atoms with Gasteiger partial charge in [0.25, 0.3) is 5.56 Å². The van der Waals surface area contributed by atoms with Gasteiger partial charge in [-0.25, -0.2) is 4.40 Å². The first-order chi connectivity index (χ1) is 17.5. The molecule has 0 N–H and O–H groups in total. The molecule has 2 aromatic heterocycles. The summed E-state index contributed by atoms with van der Waals surface area (Å²) in [4.78, 5) is 39.1. The molecule has 0 unspecified atom stereocenters. The molecule has 5 rings (SSSR count). The van der Waals surface area contributed by atoms with E-state index in [9.17, 15) is 14.4 Å². The second kappa shape index (κ2) is 10.1. The van der Waals surface area contributed by atoms with Crippen molar-refractivity contribution < 1.29 is 19.1 Å². The van der Waals surface area contributed by atoms with Crippen molar-refractivity contribution in [2.24, 2.45) is 0 Å². The number of aromatic nitrogens is 4. The summed E-state index contributed by atoms with van der Waals surface area (Å²) in [7, 11) is 0. The van der Waals surface area contributed by atoms with Gasteiger partial charge in [0, 0.05) is 16.5 Å². The number of benzene rings is 1. The smallest absolute Gasteiger partial charge is 0.326 e. The molecular weight excluding hydrogens is 480 g/mol. The molecule has 2 aliphatic carbocycles. The average Bonchev–Trinajstić information content (AvgIpc) is 3.30. The Morgan fingerprint density at radius 3 is 2.50 bits per heavy atom. The van der Waals surface area contributed by atoms with Crippen molar-refractivity contribution in [3.63, 3.8) is 0 Å². The van der Waals surface area contributed by atoms with E-state index < -0.39 is 5.97 Å². The highest BCUT2D eigenvalue weighted by atomic mass is 32.2. The van der Waals surface area contributed by atoms with Gasteiger partial charge in [0.2, 0.25) is 5.78 Å². The quantitative estimate of drug-likeness (QED) is 0.351. The molecule has 10 heteroatoms. The fourth-order valence-electron chi connectivity index (χ4n) is 5.74. The van der Waals surface area contributed by atoms with Crippen LogP contribution in [0.5, 0.6) is 0 Å². The second-order valence-electron chi connectivity index (χ2n) is 9.31. The van der Waals surface area contributed by atoms with E-state index in [2.05, 4.69) is 16.3 Å². The molecule has 9 nitrogen and oxygen atoms in total. The number of hydrogen-bond acceptors (Lipinski definition) is 8. The third-order valence-corrected chi connectivity index (χ3v) is 8.04. The average molecular weight is 511 g/mol. The lowest BCUT2D eigenvalue weighted by atomic mass is 9.62. The molecule has 1 spiro atoms. The molecule has 190 valence electrons. The number of ether oxygens (including phenoxy) is 2. The van der Waals surface area contributed by atoms with Crippen LogP contribution in [0.15, 0.2) is 34.2 Å². The number of nitrogens with zero attached hydrogens (tertiary/aromatic N) is 4. The first kappa shape index (κ1) is 24.5. The van der Waals surface area contributed by atoms with Crippen molar-refractivity contribution in [1.29, 1.82) is 0 Å². The number of rotatable bonds is 7. The molecule has 0 saturated heterocycles. The maximum atomic E-state index is 14.3. The molecule has 0 bridgehead atoms. The highest BCUT2D eigenvalue weighted by molar-refractivity contribution is 7.99. The van der Waals surface area contributed by atoms with E-state index >= 15 is 0 Å². The van der Waals surface area contributed by atoms with Crippen LogP contribution in [-0.2, 0) is 37.4 Å². The molecule has 1 fully saturated rings. The lowest BCUT2D eigenvalue weighted by Crippen LogP contribution is -2.43. The Labute approximate surface area is 213 Å². The number of thioether (sulfide) groups is 1. The molecule has 0 radical (unpaired) electrons. The van der Waals surface area contributed by atoms with Crippen LogP contribution in [-0.4, -0.2) is 50.1 Å². The van der Waals surface area contributed by atoms with Crippen LogP contribution in [0.2, 0.25) is 0 Å². The summed E-state index contributed by atoms with van der Waals surface area (Å²) in [6.07, 6.45) is 5.83. The predicted molar refractivity (Wildman–Crippen MR) is 135 cm³/mol. The van der Waals surface area contributed by atoms with Gasteiger partial charge in [-0.3, -0.25) is 19.0 Å². The number of hydrogen-bond donors (Lipinski definition) is 0. The molecule has 0 aliphatic heterocycles.